The molecule has 0 unspecified atom stereocenters. The number of carbonyl (C=O) groups is 1. The van der Waals surface area contributed by atoms with Crippen molar-refractivity contribution in [3.63, 3.8) is 0 Å². The number of likely N-dealkylation sites (tertiary alicyclic amines) is 2. The molecule has 7 heteroatoms. The van der Waals surface area contributed by atoms with Crippen LogP contribution in [0.3, 0.4) is 0 Å². The van der Waals surface area contributed by atoms with E-state index in [2.05, 4.69) is 20.4 Å². The highest BCUT2D eigenvalue weighted by Gasteiger charge is 2.52. The Morgan fingerprint density at radius 1 is 1.00 bits per heavy atom. The fourth-order valence-corrected chi connectivity index (χ4v) is 8.47. The molecule has 4 aliphatic carbocycles. The van der Waals surface area contributed by atoms with Crippen molar-refractivity contribution < 1.29 is 9.53 Å². The molecule has 2 N–H and O–H groups in total. The summed E-state index contributed by atoms with van der Waals surface area (Å²) in [6, 6.07) is 8.09. The number of carbonyl (C=O) groups excluding carboxylic acids is 1. The number of ether oxygens (including phenoxy) is 1. The summed E-state index contributed by atoms with van der Waals surface area (Å²) >= 11 is 5.71. The number of methoxy groups -OCH3 is 1. The fraction of sp³-hybridized carbons (Fsp3) is 0.704. The number of hydrogen-bond donors (Lipinski definition) is 2. The van der Waals surface area contributed by atoms with Gasteiger partial charge in [-0.2, -0.15) is 0 Å². The second kappa shape index (κ2) is 8.58. The molecule has 2 aliphatic heterocycles. The number of thiocarbonyl (C=S) groups is 1. The molecule has 2 heterocycles. The van der Waals surface area contributed by atoms with E-state index in [1.54, 1.807) is 7.11 Å². The number of hydrogen-bond acceptors (Lipinski definition) is 3. The van der Waals surface area contributed by atoms with Gasteiger partial charge in [-0.15, -0.1) is 0 Å². The van der Waals surface area contributed by atoms with Gasteiger partial charge in [0.2, 0.25) is 0 Å². The summed E-state index contributed by atoms with van der Waals surface area (Å²) in [5.41, 5.74) is 1.31. The van der Waals surface area contributed by atoms with E-state index in [4.69, 9.17) is 17.0 Å². The summed E-state index contributed by atoms with van der Waals surface area (Å²) in [6.45, 7) is 3.68. The minimum absolute atomic E-state index is 0.100. The first-order valence-electron chi connectivity index (χ1n) is 13.2. The van der Waals surface area contributed by atoms with Crippen molar-refractivity contribution in [1.29, 1.82) is 0 Å². The number of nitrogens with zero attached hydrogens (tertiary/aromatic N) is 2. The van der Waals surface area contributed by atoms with Gasteiger partial charge in [0, 0.05) is 43.5 Å². The zero-order chi connectivity index (χ0) is 23.3. The molecule has 6 fully saturated rings. The van der Waals surface area contributed by atoms with E-state index in [0.29, 0.717) is 0 Å². The predicted octanol–water partition coefficient (Wildman–Crippen LogP) is 4.86. The van der Waals surface area contributed by atoms with Crippen LogP contribution >= 0.6 is 12.2 Å². The Hall–Kier alpha value is -2.02. The lowest BCUT2D eigenvalue weighted by Crippen LogP contribution is -2.61. The van der Waals surface area contributed by atoms with Crippen molar-refractivity contribution in [3.05, 3.63) is 24.3 Å². The molecule has 2 amide bonds. The quantitative estimate of drug-likeness (QED) is 0.603. The molecule has 34 heavy (non-hydrogen) atoms. The fourth-order valence-electron chi connectivity index (χ4n) is 8.17. The molecular formula is C27H38N4O2S. The van der Waals surface area contributed by atoms with Gasteiger partial charge in [0.1, 0.15) is 5.75 Å². The molecule has 0 atom stereocenters. The van der Waals surface area contributed by atoms with Gasteiger partial charge in [0.05, 0.1) is 7.11 Å². The zero-order valence-electron chi connectivity index (χ0n) is 20.4. The maximum Gasteiger partial charge on any atom is 0.317 e. The van der Waals surface area contributed by atoms with Crippen LogP contribution < -0.4 is 15.4 Å². The highest BCUT2D eigenvalue weighted by atomic mass is 32.1. The first-order chi connectivity index (χ1) is 16.4. The molecular weight excluding hydrogens is 444 g/mol. The van der Waals surface area contributed by atoms with Crippen LogP contribution in [0.2, 0.25) is 0 Å². The van der Waals surface area contributed by atoms with Crippen molar-refractivity contribution in [3.8, 4) is 5.75 Å². The van der Waals surface area contributed by atoms with Crippen molar-refractivity contribution in [2.75, 3.05) is 38.6 Å². The van der Waals surface area contributed by atoms with Crippen molar-refractivity contribution >= 4 is 29.0 Å². The van der Waals surface area contributed by atoms with E-state index in [-0.39, 0.29) is 17.0 Å². The van der Waals surface area contributed by atoms with Crippen LogP contribution in [0.4, 0.5) is 10.5 Å². The highest BCUT2D eigenvalue weighted by molar-refractivity contribution is 7.80. The smallest absolute Gasteiger partial charge is 0.317 e. The number of amides is 2. The van der Waals surface area contributed by atoms with Crippen LogP contribution in [0.15, 0.2) is 24.3 Å². The van der Waals surface area contributed by atoms with Crippen LogP contribution in [-0.2, 0) is 0 Å². The summed E-state index contributed by atoms with van der Waals surface area (Å²) in [5.74, 6) is 3.39. The lowest BCUT2D eigenvalue weighted by Gasteiger charge is -2.57. The van der Waals surface area contributed by atoms with E-state index in [1.807, 2.05) is 24.3 Å². The van der Waals surface area contributed by atoms with Crippen LogP contribution in [0.1, 0.15) is 57.8 Å². The van der Waals surface area contributed by atoms with Crippen molar-refractivity contribution in [1.82, 2.24) is 15.1 Å². The third-order valence-corrected chi connectivity index (χ3v) is 9.93. The SMILES string of the molecule is COc1cccc(NC(=S)N2CCC3(CCN(C(=O)NC45CC6CC(CC(C6)C4)C5)C3)CC2)c1. The predicted molar refractivity (Wildman–Crippen MR) is 138 cm³/mol. The number of anilines is 1. The Balaban J connectivity index is 1.02. The molecule has 0 radical (unpaired) electrons. The Labute approximate surface area is 208 Å². The summed E-state index contributed by atoms with van der Waals surface area (Å²) in [6.07, 6.45) is 11.2. The van der Waals surface area contributed by atoms with E-state index >= 15 is 0 Å². The lowest BCUT2D eigenvalue weighted by molar-refractivity contribution is -0.0155. The highest BCUT2D eigenvalue weighted by Crippen LogP contribution is 2.55. The molecule has 6 nitrogen and oxygen atoms in total. The second-order valence-electron chi connectivity index (χ2n) is 11.9. The molecule has 1 aromatic rings. The molecule has 184 valence electrons. The van der Waals surface area contributed by atoms with Crippen LogP contribution in [0.25, 0.3) is 0 Å². The number of piperidine rings is 1. The monoisotopic (exact) mass is 482 g/mol. The third-order valence-electron chi connectivity index (χ3n) is 9.57. The zero-order valence-corrected chi connectivity index (χ0v) is 21.2. The largest absolute Gasteiger partial charge is 0.497 e. The van der Waals surface area contributed by atoms with Gasteiger partial charge in [0.15, 0.2) is 5.11 Å². The standard InChI is InChI=1S/C27H38N4O2S/c1-33-23-4-2-3-22(14-23)28-25(34)30-8-5-26(6-9-30)7-10-31(18-26)24(32)29-27-15-19-11-20(16-27)13-21(12-19)17-27/h2-4,14,19-21H,5-13,15-18H2,1H3,(H,28,34)(H,29,32). The average molecular weight is 483 g/mol. The molecule has 1 spiro atoms. The molecule has 2 saturated heterocycles. The van der Waals surface area contributed by atoms with Gasteiger partial charge in [0.25, 0.3) is 0 Å². The maximum absolute atomic E-state index is 13.3. The number of rotatable bonds is 3. The van der Waals surface area contributed by atoms with E-state index in [1.165, 1.54) is 38.5 Å². The Morgan fingerprint density at radius 3 is 2.24 bits per heavy atom. The topological polar surface area (TPSA) is 56.8 Å². The van der Waals surface area contributed by atoms with E-state index in [9.17, 15) is 4.79 Å². The maximum atomic E-state index is 13.3. The first kappa shape index (κ1) is 22.4. The molecule has 1 aromatic carbocycles. The minimum Gasteiger partial charge on any atom is -0.497 e. The van der Waals surface area contributed by atoms with Crippen molar-refractivity contribution in [2.24, 2.45) is 23.2 Å². The number of urea groups is 1. The molecule has 4 saturated carbocycles. The van der Waals surface area contributed by atoms with Crippen molar-refractivity contribution in [2.45, 2.75) is 63.3 Å². The molecule has 7 rings (SSSR count). The van der Waals surface area contributed by atoms with Crippen LogP contribution in [-0.4, -0.2) is 59.8 Å². The number of benzene rings is 1. The Morgan fingerprint density at radius 2 is 1.62 bits per heavy atom. The summed E-state index contributed by atoms with van der Waals surface area (Å²) < 4.78 is 5.32. The van der Waals surface area contributed by atoms with Crippen LogP contribution in [0.5, 0.6) is 5.75 Å². The Bertz CT molecular complexity index is 922. The molecule has 6 aliphatic rings. The third kappa shape index (κ3) is 4.25. The normalized spacial score (nSPS) is 33.3. The average Bonchev–Trinajstić information content (AvgIpc) is 3.22. The summed E-state index contributed by atoms with van der Waals surface area (Å²) in [5, 5.41) is 7.73. The summed E-state index contributed by atoms with van der Waals surface area (Å²) in [4.78, 5) is 17.7. The summed E-state index contributed by atoms with van der Waals surface area (Å²) in [7, 11) is 1.68. The van der Waals surface area contributed by atoms with Gasteiger partial charge in [-0.3, -0.25) is 0 Å². The van der Waals surface area contributed by atoms with E-state index in [0.717, 1.165) is 79.7 Å². The molecule has 4 bridgehead atoms. The van der Waals surface area contributed by atoms with Gasteiger partial charge in [-0.1, -0.05) is 6.07 Å². The van der Waals surface area contributed by atoms with Gasteiger partial charge in [-0.25, -0.2) is 4.79 Å². The Kier molecular flexibility index (Phi) is 5.66. The number of nitrogens with one attached hydrogen (secondary N) is 2. The van der Waals surface area contributed by atoms with Gasteiger partial charge < -0.3 is 25.2 Å². The minimum atomic E-state index is 0.100. The van der Waals surface area contributed by atoms with Gasteiger partial charge >= 0.3 is 6.03 Å². The van der Waals surface area contributed by atoms with E-state index < -0.39 is 0 Å². The second-order valence-corrected chi connectivity index (χ2v) is 12.3. The molecule has 0 aromatic heterocycles. The first-order valence-corrected chi connectivity index (χ1v) is 13.6. The lowest BCUT2D eigenvalue weighted by atomic mass is 9.53. The van der Waals surface area contributed by atoms with Gasteiger partial charge in [-0.05, 0) is 105 Å². The van der Waals surface area contributed by atoms with Crippen LogP contribution in [0, 0.1) is 23.2 Å².